The molecule has 2 amide bonds. The molecular weight excluding hydrogens is 465 g/mol. The van der Waals surface area contributed by atoms with Crippen molar-refractivity contribution in [3.63, 3.8) is 0 Å². The number of alkyl halides is 3. The highest BCUT2D eigenvalue weighted by Crippen LogP contribution is 2.63. The van der Waals surface area contributed by atoms with Gasteiger partial charge in [0.05, 0.1) is 5.41 Å². The van der Waals surface area contributed by atoms with Crippen LogP contribution in [-0.2, 0) is 14.3 Å². The van der Waals surface area contributed by atoms with E-state index in [0.29, 0.717) is 12.8 Å². The number of carbonyl (C=O) groups is 3. The summed E-state index contributed by atoms with van der Waals surface area (Å²) in [7, 11) is 0. The van der Waals surface area contributed by atoms with Crippen LogP contribution < -0.4 is 10.6 Å². The zero-order chi connectivity index (χ0) is 25.0. The van der Waals surface area contributed by atoms with Crippen molar-refractivity contribution in [3.8, 4) is 11.1 Å². The van der Waals surface area contributed by atoms with Gasteiger partial charge in [0.1, 0.15) is 6.61 Å². The molecule has 0 spiro atoms. The van der Waals surface area contributed by atoms with Gasteiger partial charge in [-0.25, -0.2) is 4.79 Å². The van der Waals surface area contributed by atoms with Crippen LogP contribution in [0.4, 0.5) is 18.0 Å². The van der Waals surface area contributed by atoms with Crippen molar-refractivity contribution in [3.05, 3.63) is 59.7 Å². The minimum absolute atomic E-state index is 0.0776. The molecular formula is C25H23F3N2O5. The fourth-order valence-corrected chi connectivity index (χ4v) is 5.60. The molecule has 3 aliphatic carbocycles. The number of rotatable bonds is 6. The number of nitrogens with one attached hydrogen (secondary N) is 2. The molecule has 2 aromatic rings. The number of hydrogen-bond acceptors (Lipinski definition) is 4. The quantitative estimate of drug-likeness (QED) is 0.574. The summed E-state index contributed by atoms with van der Waals surface area (Å²) < 4.78 is 46.0. The molecule has 4 unspecified atom stereocenters. The van der Waals surface area contributed by atoms with Gasteiger partial charge in [-0.1, -0.05) is 48.5 Å². The molecule has 35 heavy (non-hydrogen) atoms. The number of halogens is 3. The normalized spacial score (nSPS) is 25.1. The van der Waals surface area contributed by atoms with Gasteiger partial charge < -0.3 is 20.5 Å². The second-order valence-electron chi connectivity index (χ2n) is 9.45. The standard InChI is InChI=1S/C25H23F3N2O5/c26-25(27,28)20(21(31)29-14-9-13-10-24(13,11-14)22(32)33)30-23(34)35-12-19-17-7-3-1-5-15(17)16-6-2-4-8-18(16)19/h1-8,13-14,19-20H,9-12H2,(H,29,31)(H,30,34)(H,32,33). The van der Waals surface area contributed by atoms with Crippen LogP contribution in [0, 0.1) is 11.3 Å². The Bertz CT molecular complexity index is 1150. The summed E-state index contributed by atoms with van der Waals surface area (Å²) >= 11 is 0. The number of amides is 2. The summed E-state index contributed by atoms with van der Waals surface area (Å²) in [6, 6.07) is 11.6. The van der Waals surface area contributed by atoms with E-state index in [1.807, 2.05) is 48.5 Å². The second-order valence-corrected chi connectivity index (χ2v) is 9.45. The molecule has 0 heterocycles. The number of fused-ring (bicyclic) bond motifs is 4. The molecule has 10 heteroatoms. The molecule has 0 radical (unpaired) electrons. The van der Waals surface area contributed by atoms with Crippen LogP contribution in [0.1, 0.15) is 36.3 Å². The molecule has 2 aromatic carbocycles. The zero-order valence-electron chi connectivity index (χ0n) is 18.5. The van der Waals surface area contributed by atoms with Gasteiger partial charge >= 0.3 is 18.2 Å². The van der Waals surface area contributed by atoms with Crippen molar-refractivity contribution in [1.29, 1.82) is 0 Å². The van der Waals surface area contributed by atoms with E-state index < -0.39 is 41.6 Å². The molecule has 0 aromatic heterocycles. The van der Waals surface area contributed by atoms with Crippen LogP contribution in [0.25, 0.3) is 11.1 Å². The van der Waals surface area contributed by atoms with Crippen molar-refractivity contribution < 1.29 is 37.4 Å². The van der Waals surface area contributed by atoms with E-state index in [2.05, 4.69) is 5.32 Å². The maximum absolute atomic E-state index is 13.6. The number of aliphatic carboxylic acids is 1. The van der Waals surface area contributed by atoms with Gasteiger partial charge in [0.25, 0.3) is 5.91 Å². The van der Waals surface area contributed by atoms with Gasteiger partial charge in [-0.3, -0.25) is 9.59 Å². The first kappa shape index (κ1) is 23.2. The van der Waals surface area contributed by atoms with Gasteiger partial charge in [0.15, 0.2) is 0 Å². The maximum Gasteiger partial charge on any atom is 0.417 e. The summed E-state index contributed by atoms with van der Waals surface area (Å²) in [4.78, 5) is 36.2. The first-order chi connectivity index (χ1) is 16.6. The minimum Gasteiger partial charge on any atom is -0.481 e. The van der Waals surface area contributed by atoms with Gasteiger partial charge in [0.2, 0.25) is 6.04 Å². The van der Waals surface area contributed by atoms with Crippen molar-refractivity contribution in [2.24, 2.45) is 11.3 Å². The predicted octanol–water partition coefficient (Wildman–Crippen LogP) is 3.83. The molecule has 2 saturated carbocycles. The summed E-state index contributed by atoms with van der Waals surface area (Å²) in [5.74, 6) is -2.92. The highest BCUT2D eigenvalue weighted by Gasteiger charge is 2.65. The largest absolute Gasteiger partial charge is 0.481 e. The molecule has 7 nitrogen and oxygen atoms in total. The summed E-state index contributed by atoms with van der Waals surface area (Å²) in [6.07, 6.45) is -5.57. The van der Waals surface area contributed by atoms with E-state index in [9.17, 15) is 32.7 Å². The third kappa shape index (κ3) is 4.11. The third-order valence-corrected chi connectivity index (χ3v) is 7.38. The molecule has 3 N–H and O–H groups in total. The summed E-state index contributed by atoms with van der Waals surface area (Å²) in [6.45, 7) is -0.197. The molecule has 0 bridgehead atoms. The molecule has 2 fully saturated rings. The fourth-order valence-electron chi connectivity index (χ4n) is 5.60. The SMILES string of the molecule is O=C(NC(C(=O)NC1CC2CC2(C(=O)O)C1)C(F)(F)F)OCC1c2ccccc2-c2ccccc21. The molecule has 0 saturated heterocycles. The summed E-state index contributed by atoms with van der Waals surface area (Å²) in [5, 5.41) is 13.2. The Labute approximate surface area is 198 Å². The Morgan fingerprint density at radius 1 is 1.03 bits per heavy atom. The van der Waals surface area contributed by atoms with E-state index in [4.69, 9.17) is 4.74 Å². The van der Waals surface area contributed by atoms with Crippen LogP contribution in [-0.4, -0.2) is 47.9 Å². The van der Waals surface area contributed by atoms with Gasteiger partial charge in [-0.15, -0.1) is 0 Å². The smallest absolute Gasteiger partial charge is 0.417 e. The van der Waals surface area contributed by atoms with Crippen LogP contribution in [0.15, 0.2) is 48.5 Å². The number of carboxylic acids is 1. The number of carboxylic acid groups (broad SMARTS) is 1. The first-order valence-corrected chi connectivity index (χ1v) is 11.3. The van der Waals surface area contributed by atoms with Crippen LogP contribution >= 0.6 is 0 Å². The van der Waals surface area contributed by atoms with Gasteiger partial charge in [-0.2, -0.15) is 13.2 Å². The molecule has 5 rings (SSSR count). The Hall–Kier alpha value is -3.56. The number of carbonyl (C=O) groups excluding carboxylic acids is 2. The van der Waals surface area contributed by atoms with E-state index >= 15 is 0 Å². The first-order valence-electron chi connectivity index (χ1n) is 11.3. The maximum atomic E-state index is 13.6. The number of alkyl carbamates (subject to hydrolysis) is 1. The topological polar surface area (TPSA) is 105 Å². The van der Waals surface area contributed by atoms with E-state index in [0.717, 1.165) is 22.3 Å². The zero-order valence-corrected chi connectivity index (χ0v) is 18.5. The number of benzene rings is 2. The molecule has 3 aliphatic rings. The Morgan fingerprint density at radius 3 is 2.17 bits per heavy atom. The average Bonchev–Trinajstić information content (AvgIpc) is 3.24. The Morgan fingerprint density at radius 2 is 1.63 bits per heavy atom. The van der Waals surface area contributed by atoms with Crippen LogP contribution in [0.3, 0.4) is 0 Å². The molecule has 4 atom stereocenters. The second kappa shape index (κ2) is 8.28. The molecule has 0 aliphatic heterocycles. The fraction of sp³-hybridized carbons (Fsp3) is 0.400. The minimum atomic E-state index is -5.05. The lowest BCUT2D eigenvalue weighted by Crippen LogP contribution is -2.56. The monoisotopic (exact) mass is 488 g/mol. The van der Waals surface area contributed by atoms with E-state index in [-0.39, 0.29) is 24.9 Å². The van der Waals surface area contributed by atoms with Crippen molar-refractivity contribution in [2.75, 3.05) is 6.61 Å². The van der Waals surface area contributed by atoms with Crippen molar-refractivity contribution >= 4 is 18.0 Å². The molecule has 184 valence electrons. The van der Waals surface area contributed by atoms with Crippen molar-refractivity contribution in [1.82, 2.24) is 10.6 Å². The van der Waals surface area contributed by atoms with E-state index in [1.165, 1.54) is 0 Å². The number of hydrogen-bond donors (Lipinski definition) is 3. The van der Waals surface area contributed by atoms with Crippen LogP contribution in [0.2, 0.25) is 0 Å². The number of ether oxygens (including phenoxy) is 1. The highest BCUT2D eigenvalue weighted by atomic mass is 19.4. The lowest BCUT2D eigenvalue weighted by molar-refractivity contribution is -0.168. The Balaban J connectivity index is 1.22. The van der Waals surface area contributed by atoms with Gasteiger partial charge in [0, 0.05) is 12.0 Å². The lowest BCUT2D eigenvalue weighted by atomic mass is 9.98. The van der Waals surface area contributed by atoms with Gasteiger partial charge in [-0.05, 0) is 47.4 Å². The lowest BCUT2D eigenvalue weighted by Gasteiger charge is -2.24. The predicted molar refractivity (Wildman–Crippen MR) is 117 cm³/mol. The van der Waals surface area contributed by atoms with Crippen LogP contribution in [0.5, 0.6) is 0 Å². The van der Waals surface area contributed by atoms with E-state index in [1.54, 1.807) is 5.32 Å². The Kier molecular flexibility index (Phi) is 5.49. The highest BCUT2D eigenvalue weighted by molar-refractivity contribution is 5.87. The average molecular weight is 488 g/mol. The summed E-state index contributed by atoms with van der Waals surface area (Å²) in [5.41, 5.74) is 2.79. The van der Waals surface area contributed by atoms with Crippen molar-refractivity contribution in [2.45, 2.75) is 43.4 Å². The third-order valence-electron chi connectivity index (χ3n) is 7.38.